The molecule has 0 unspecified atom stereocenters. The molecule has 0 spiro atoms. The zero-order valence-corrected chi connectivity index (χ0v) is 14.0. The Hall–Kier alpha value is -1.59. The van der Waals surface area contributed by atoms with Crippen LogP contribution < -0.4 is 10.6 Å². The van der Waals surface area contributed by atoms with Gasteiger partial charge in [0, 0.05) is 12.6 Å². The molecule has 0 bridgehead atoms. The highest BCUT2D eigenvalue weighted by molar-refractivity contribution is 6.33. The second-order valence-electron chi connectivity index (χ2n) is 6.39. The Morgan fingerprint density at radius 2 is 1.91 bits per heavy atom. The molecule has 124 valence electrons. The van der Waals surface area contributed by atoms with Crippen LogP contribution in [0, 0.1) is 5.92 Å². The minimum atomic E-state index is -0.191. The molecule has 23 heavy (non-hydrogen) atoms. The van der Waals surface area contributed by atoms with Gasteiger partial charge in [0.15, 0.2) is 0 Å². The largest absolute Gasteiger partial charge is 0.325 e. The molecular weight excluding hydrogens is 314 g/mol. The van der Waals surface area contributed by atoms with Crippen LogP contribution in [0.1, 0.15) is 32.6 Å². The monoisotopic (exact) mass is 335 g/mol. The van der Waals surface area contributed by atoms with Crippen LogP contribution in [0.2, 0.25) is 5.02 Å². The SMILES string of the molecule is CC(=O)Nc1cc(NC(=O)[C@H](C2CC2)N2CCCC2)ccc1Cl. The van der Waals surface area contributed by atoms with Gasteiger partial charge in [0.1, 0.15) is 0 Å². The van der Waals surface area contributed by atoms with E-state index in [1.165, 1.54) is 19.8 Å². The first-order valence-corrected chi connectivity index (χ1v) is 8.54. The summed E-state index contributed by atoms with van der Waals surface area (Å²) in [5.41, 5.74) is 1.18. The summed E-state index contributed by atoms with van der Waals surface area (Å²) in [4.78, 5) is 26.2. The fourth-order valence-electron chi connectivity index (χ4n) is 3.21. The second kappa shape index (κ2) is 6.89. The number of nitrogens with one attached hydrogen (secondary N) is 2. The Bertz CT molecular complexity index is 610. The van der Waals surface area contributed by atoms with Gasteiger partial charge in [-0.25, -0.2) is 0 Å². The highest BCUT2D eigenvalue weighted by Crippen LogP contribution is 2.37. The molecular formula is C17H22ClN3O2. The molecule has 1 saturated heterocycles. The molecule has 6 heteroatoms. The topological polar surface area (TPSA) is 61.4 Å². The van der Waals surface area contributed by atoms with Crippen molar-refractivity contribution in [3.05, 3.63) is 23.2 Å². The van der Waals surface area contributed by atoms with Crippen molar-refractivity contribution in [1.29, 1.82) is 0 Å². The molecule has 0 radical (unpaired) electrons. The van der Waals surface area contributed by atoms with E-state index in [2.05, 4.69) is 15.5 Å². The van der Waals surface area contributed by atoms with Gasteiger partial charge in [-0.15, -0.1) is 0 Å². The second-order valence-corrected chi connectivity index (χ2v) is 6.80. The third-order valence-corrected chi connectivity index (χ3v) is 4.75. The van der Waals surface area contributed by atoms with Crippen LogP contribution in [0.3, 0.4) is 0 Å². The number of anilines is 2. The smallest absolute Gasteiger partial charge is 0.242 e. The number of nitrogens with zero attached hydrogens (tertiary/aromatic N) is 1. The van der Waals surface area contributed by atoms with Crippen LogP contribution >= 0.6 is 11.6 Å². The van der Waals surface area contributed by atoms with Crippen molar-refractivity contribution in [2.75, 3.05) is 23.7 Å². The number of benzene rings is 1. The van der Waals surface area contributed by atoms with Crippen molar-refractivity contribution in [3.63, 3.8) is 0 Å². The van der Waals surface area contributed by atoms with E-state index in [4.69, 9.17) is 11.6 Å². The number of carbonyl (C=O) groups is 2. The van der Waals surface area contributed by atoms with Crippen LogP contribution in [0.15, 0.2) is 18.2 Å². The Balaban J connectivity index is 1.72. The Morgan fingerprint density at radius 3 is 2.52 bits per heavy atom. The summed E-state index contributed by atoms with van der Waals surface area (Å²) in [6, 6.07) is 5.12. The van der Waals surface area contributed by atoms with Gasteiger partial charge < -0.3 is 10.6 Å². The molecule has 2 amide bonds. The van der Waals surface area contributed by atoms with Crippen molar-refractivity contribution in [1.82, 2.24) is 4.90 Å². The van der Waals surface area contributed by atoms with E-state index in [1.54, 1.807) is 18.2 Å². The van der Waals surface area contributed by atoms with Crippen LogP contribution in [0.4, 0.5) is 11.4 Å². The lowest BCUT2D eigenvalue weighted by atomic mass is 10.1. The quantitative estimate of drug-likeness (QED) is 0.869. The minimum absolute atomic E-state index is 0.0302. The highest BCUT2D eigenvalue weighted by Gasteiger charge is 2.40. The first-order valence-electron chi connectivity index (χ1n) is 8.16. The third-order valence-electron chi connectivity index (χ3n) is 4.42. The molecule has 3 rings (SSSR count). The van der Waals surface area contributed by atoms with Crippen molar-refractivity contribution >= 4 is 34.8 Å². The lowest BCUT2D eigenvalue weighted by molar-refractivity contribution is -0.121. The number of halogens is 1. The number of hydrogen-bond acceptors (Lipinski definition) is 3. The first kappa shape index (κ1) is 16.3. The van der Waals surface area contributed by atoms with Gasteiger partial charge in [0.25, 0.3) is 0 Å². The average Bonchev–Trinajstić information content (AvgIpc) is 3.16. The number of amides is 2. The molecule has 1 heterocycles. The van der Waals surface area contributed by atoms with Crippen LogP contribution in [0.25, 0.3) is 0 Å². The maximum atomic E-state index is 12.7. The molecule has 2 N–H and O–H groups in total. The van der Waals surface area contributed by atoms with Crippen LogP contribution in [0.5, 0.6) is 0 Å². The fourth-order valence-corrected chi connectivity index (χ4v) is 3.38. The average molecular weight is 336 g/mol. The zero-order chi connectivity index (χ0) is 16.4. The molecule has 2 fully saturated rings. The summed E-state index contributed by atoms with van der Waals surface area (Å²) in [5, 5.41) is 6.12. The minimum Gasteiger partial charge on any atom is -0.325 e. The Labute approximate surface area is 141 Å². The number of hydrogen-bond donors (Lipinski definition) is 2. The Kier molecular flexibility index (Phi) is 4.87. The van der Waals surface area contributed by atoms with E-state index in [1.807, 2.05) is 0 Å². The Morgan fingerprint density at radius 1 is 1.22 bits per heavy atom. The van der Waals surface area contributed by atoms with Gasteiger partial charge in [0.05, 0.1) is 16.8 Å². The van der Waals surface area contributed by atoms with Crippen LogP contribution in [-0.4, -0.2) is 35.8 Å². The summed E-state index contributed by atoms with van der Waals surface area (Å²) in [6.45, 7) is 3.44. The predicted octanol–water partition coefficient (Wildman–Crippen LogP) is 3.11. The predicted molar refractivity (Wildman–Crippen MR) is 91.7 cm³/mol. The number of likely N-dealkylation sites (tertiary alicyclic amines) is 1. The molecule has 1 aromatic rings. The first-order chi connectivity index (χ1) is 11.0. The number of rotatable bonds is 5. The highest BCUT2D eigenvalue weighted by atomic mass is 35.5. The lowest BCUT2D eigenvalue weighted by Crippen LogP contribution is -2.44. The molecule has 1 atom stereocenters. The maximum absolute atomic E-state index is 12.7. The molecule has 1 saturated carbocycles. The summed E-state index contributed by atoms with van der Waals surface area (Å²) in [7, 11) is 0. The van der Waals surface area contributed by atoms with E-state index >= 15 is 0 Å². The van der Waals surface area contributed by atoms with Gasteiger partial charge in [-0.2, -0.15) is 0 Å². The normalized spacial score (nSPS) is 19.4. The van der Waals surface area contributed by atoms with Gasteiger partial charge in [0.2, 0.25) is 11.8 Å². The summed E-state index contributed by atoms with van der Waals surface area (Å²) in [6.07, 6.45) is 4.60. The molecule has 5 nitrogen and oxygen atoms in total. The molecule has 2 aliphatic rings. The summed E-state index contributed by atoms with van der Waals surface area (Å²) >= 11 is 6.07. The van der Waals surface area contributed by atoms with Crippen molar-refractivity contribution in [3.8, 4) is 0 Å². The van der Waals surface area contributed by atoms with E-state index in [-0.39, 0.29) is 17.9 Å². The van der Waals surface area contributed by atoms with Gasteiger partial charge in [-0.3, -0.25) is 14.5 Å². The van der Waals surface area contributed by atoms with Crippen LogP contribution in [-0.2, 0) is 9.59 Å². The van der Waals surface area contributed by atoms with E-state index < -0.39 is 0 Å². The van der Waals surface area contributed by atoms with E-state index in [9.17, 15) is 9.59 Å². The van der Waals surface area contributed by atoms with E-state index in [0.717, 1.165) is 25.9 Å². The van der Waals surface area contributed by atoms with Crippen molar-refractivity contribution in [2.45, 2.75) is 38.6 Å². The fraction of sp³-hybridized carbons (Fsp3) is 0.529. The van der Waals surface area contributed by atoms with Gasteiger partial charge in [-0.1, -0.05) is 11.6 Å². The summed E-state index contributed by atoms with van der Waals surface area (Å²) in [5.74, 6) is 0.337. The maximum Gasteiger partial charge on any atom is 0.242 e. The van der Waals surface area contributed by atoms with E-state index in [0.29, 0.717) is 22.3 Å². The number of carbonyl (C=O) groups excluding carboxylic acids is 2. The molecule has 1 aromatic carbocycles. The standard InChI is InChI=1S/C17H22ClN3O2/c1-11(22)19-15-10-13(6-7-14(15)18)20-17(23)16(12-4-5-12)21-8-2-3-9-21/h6-7,10,12,16H,2-5,8-9H2,1H3,(H,19,22)(H,20,23)/t16-/m0/s1. The van der Waals surface area contributed by atoms with Gasteiger partial charge >= 0.3 is 0 Å². The zero-order valence-electron chi connectivity index (χ0n) is 13.3. The lowest BCUT2D eigenvalue weighted by Gasteiger charge is -2.26. The van der Waals surface area contributed by atoms with Gasteiger partial charge in [-0.05, 0) is 62.9 Å². The molecule has 1 aliphatic heterocycles. The van der Waals surface area contributed by atoms with Crippen molar-refractivity contribution in [2.24, 2.45) is 5.92 Å². The third kappa shape index (κ3) is 4.03. The molecule has 1 aliphatic carbocycles. The summed E-state index contributed by atoms with van der Waals surface area (Å²) < 4.78 is 0. The molecule has 0 aromatic heterocycles. The van der Waals surface area contributed by atoms with Crippen molar-refractivity contribution < 1.29 is 9.59 Å².